The van der Waals surface area contributed by atoms with Gasteiger partial charge in [0.15, 0.2) is 0 Å². The number of allylic oxidation sites excluding steroid dienone is 6. The van der Waals surface area contributed by atoms with Gasteiger partial charge in [0.05, 0.1) is 0 Å². The molecule has 0 amide bonds. The largest absolute Gasteiger partial charge is 0.0882 e. The van der Waals surface area contributed by atoms with Crippen molar-refractivity contribution in [2.75, 3.05) is 0 Å². The summed E-state index contributed by atoms with van der Waals surface area (Å²) in [5, 5.41) is 0. The van der Waals surface area contributed by atoms with Crippen LogP contribution >= 0.6 is 0 Å². The smallest absolute Gasteiger partial charge is 0.0166 e. The van der Waals surface area contributed by atoms with Crippen LogP contribution in [0.5, 0.6) is 0 Å². The summed E-state index contributed by atoms with van der Waals surface area (Å²) in [6, 6.07) is 0. The lowest BCUT2D eigenvalue weighted by molar-refractivity contribution is 0.754. The molecule has 0 heterocycles. The molecule has 1 aliphatic rings. The van der Waals surface area contributed by atoms with Crippen molar-refractivity contribution < 1.29 is 0 Å². The Kier molecular flexibility index (Phi) is 4.51. The lowest BCUT2D eigenvalue weighted by Gasteiger charge is -1.90. The topological polar surface area (TPSA) is 0 Å². The third-order valence-corrected chi connectivity index (χ3v) is 1.73. The first kappa shape index (κ1) is 8.32. The van der Waals surface area contributed by atoms with Crippen molar-refractivity contribution in [2.45, 2.75) is 32.1 Å². The Bertz CT molecular complexity index is 161. The maximum atomic E-state index is 3.24. The average molecular weight is 147 g/mol. The first-order valence-corrected chi connectivity index (χ1v) is 4.37. The van der Waals surface area contributed by atoms with E-state index < -0.39 is 0 Å². The van der Waals surface area contributed by atoms with Crippen LogP contribution in [0.2, 0.25) is 0 Å². The first-order valence-electron chi connectivity index (χ1n) is 4.37. The van der Waals surface area contributed by atoms with Gasteiger partial charge in [-0.05, 0) is 38.2 Å². The van der Waals surface area contributed by atoms with Crippen LogP contribution in [0, 0.1) is 6.08 Å². The highest BCUT2D eigenvalue weighted by Gasteiger charge is 1.84. The Morgan fingerprint density at radius 1 is 1.00 bits per heavy atom. The minimum absolute atomic E-state index is 1.07. The second kappa shape index (κ2) is 5.96. The third-order valence-electron chi connectivity index (χ3n) is 1.73. The van der Waals surface area contributed by atoms with Crippen molar-refractivity contribution in [1.29, 1.82) is 0 Å². The third kappa shape index (κ3) is 4.60. The summed E-state index contributed by atoms with van der Waals surface area (Å²) in [7, 11) is 0. The van der Waals surface area contributed by atoms with E-state index in [9.17, 15) is 0 Å². The van der Waals surface area contributed by atoms with Crippen LogP contribution < -0.4 is 0 Å². The van der Waals surface area contributed by atoms with Crippen LogP contribution in [0.4, 0.5) is 0 Å². The predicted molar refractivity (Wildman–Crippen MR) is 49.2 cm³/mol. The molecular weight excluding hydrogens is 132 g/mol. The Morgan fingerprint density at radius 3 is 3.00 bits per heavy atom. The molecule has 0 aromatic rings. The minimum atomic E-state index is 1.07. The van der Waals surface area contributed by atoms with Gasteiger partial charge in [-0.1, -0.05) is 30.4 Å². The van der Waals surface area contributed by atoms with Crippen LogP contribution in [-0.2, 0) is 0 Å². The van der Waals surface area contributed by atoms with Gasteiger partial charge >= 0.3 is 0 Å². The van der Waals surface area contributed by atoms with Crippen LogP contribution in [0.15, 0.2) is 30.4 Å². The molecule has 0 nitrogen and oxygen atoms in total. The van der Waals surface area contributed by atoms with Crippen molar-refractivity contribution in [1.82, 2.24) is 0 Å². The maximum absolute atomic E-state index is 3.24. The fourth-order valence-corrected chi connectivity index (χ4v) is 1.08. The molecule has 11 heavy (non-hydrogen) atoms. The zero-order valence-electron chi connectivity index (χ0n) is 6.92. The van der Waals surface area contributed by atoms with E-state index in [0.717, 1.165) is 12.8 Å². The van der Waals surface area contributed by atoms with Crippen molar-refractivity contribution in [3.05, 3.63) is 36.5 Å². The predicted octanol–water partition coefficient (Wildman–Crippen LogP) is 3.42. The molecule has 59 valence electrons. The van der Waals surface area contributed by atoms with Crippen molar-refractivity contribution in [2.24, 2.45) is 0 Å². The molecule has 0 bridgehead atoms. The number of hydrogen-bond donors (Lipinski definition) is 0. The Labute approximate surface area is 69.3 Å². The van der Waals surface area contributed by atoms with E-state index in [0.29, 0.717) is 0 Å². The molecule has 0 atom stereocenters. The van der Waals surface area contributed by atoms with E-state index in [1.807, 2.05) is 6.08 Å². The zero-order valence-corrected chi connectivity index (χ0v) is 6.92. The van der Waals surface area contributed by atoms with Crippen LogP contribution in [0.3, 0.4) is 0 Å². The standard InChI is InChI=1S/C11H15/c1-2-4-6-8-10-11-9-7-5-3-1/h1-3,6,8H,4,7,9-11H2. The van der Waals surface area contributed by atoms with Crippen molar-refractivity contribution in [3.8, 4) is 0 Å². The zero-order chi connectivity index (χ0) is 7.78. The monoisotopic (exact) mass is 147 g/mol. The van der Waals surface area contributed by atoms with Gasteiger partial charge in [-0.15, -0.1) is 0 Å². The van der Waals surface area contributed by atoms with Gasteiger partial charge in [-0.3, -0.25) is 0 Å². The summed E-state index contributed by atoms with van der Waals surface area (Å²) in [4.78, 5) is 0. The highest BCUT2D eigenvalue weighted by molar-refractivity contribution is 5.02. The van der Waals surface area contributed by atoms with Gasteiger partial charge in [0.25, 0.3) is 0 Å². The molecule has 0 aromatic heterocycles. The summed E-state index contributed by atoms with van der Waals surface area (Å²) < 4.78 is 0. The maximum Gasteiger partial charge on any atom is -0.0166 e. The van der Waals surface area contributed by atoms with Gasteiger partial charge in [-0.2, -0.15) is 0 Å². The van der Waals surface area contributed by atoms with E-state index in [-0.39, 0.29) is 0 Å². The second-order valence-corrected chi connectivity index (χ2v) is 2.75. The molecule has 0 N–H and O–H groups in total. The molecule has 0 heteroatoms. The van der Waals surface area contributed by atoms with E-state index in [2.05, 4.69) is 30.4 Å². The SMILES string of the molecule is [C]1=CC=CCC=CCCCC1. The van der Waals surface area contributed by atoms with Crippen LogP contribution in [0.25, 0.3) is 0 Å². The molecule has 0 aliphatic heterocycles. The van der Waals surface area contributed by atoms with E-state index >= 15 is 0 Å². The normalized spacial score (nSPS) is 19.6. The van der Waals surface area contributed by atoms with E-state index in [1.54, 1.807) is 0 Å². The Morgan fingerprint density at radius 2 is 2.00 bits per heavy atom. The average Bonchev–Trinajstić information content (AvgIpc) is 2.08. The van der Waals surface area contributed by atoms with Crippen LogP contribution in [0.1, 0.15) is 32.1 Å². The lowest BCUT2D eigenvalue weighted by atomic mass is 10.2. The lowest BCUT2D eigenvalue weighted by Crippen LogP contribution is -1.71. The Balaban J connectivity index is 2.35. The highest BCUT2D eigenvalue weighted by atomic mass is 13.9. The number of rotatable bonds is 0. The highest BCUT2D eigenvalue weighted by Crippen LogP contribution is 2.03. The molecule has 0 fully saturated rings. The fraction of sp³-hybridized carbons (Fsp3) is 0.455. The first-order chi connectivity index (χ1) is 5.50. The van der Waals surface area contributed by atoms with Gasteiger partial charge in [0.1, 0.15) is 0 Å². The molecule has 0 aromatic carbocycles. The van der Waals surface area contributed by atoms with E-state index in [1.165, 1.54) is 19.3 Å². The molecule has 0 unspecified atom stereocenters. The van der Waals surface area contributed by atoms with Gasteiger partial charge in [0.2, 0.25) is 0 Å². The second-order valence-electron chi connectivity index (χ2n) is 2.75. The molecule has 0 saturated heterocycles. The molecule has 1 aliphatic carbocycles. The van der Waals surface area contributed by atoms with Crippen molar-refractivity contribution >= 4 is 0 Å². The minimum Gasteiger partial charge on any atom is -0.0882 e. The summed E-state index contributed by atoms with van der Waals surface area (Å²) >= 11 is 0. The number of hydrogen-bond acceptors (Lipinski definition) is 0. The molecule has 0 saturated carbocycles. The van der Waals surface area contributed by atoms with Crippen molar-refractivity contribution in [3.63, 3.8) is 0 Å². The van der Waals surface area contributed by atoms with Gasteiger partial charge < -0.3 is 0 Å². The molecule has 1 radical (unpaired) electrons. The quantitative estimate of drug-likeness (QED) is 0.460. The molecule has 0 spiro atoms. The fourth-order valence-electron chi connectivity index (χ4n) is 1.08. The van der Waals surface area contributed by atoms with E-state index in [4.69, 9.17) is 0 Å². The van der Waals surface area contributed by atoms with Crippen LogP contribution in [-0.4, -0.2) is 0 Å². The molecular formula is C11H15. The Hall–Kier alpha value is -0.780. The summed E-state index contributed by atoms with van der Waals surface area (Å²) in [5.41, 5.74) is 0. The van der Waals surface area contributed by atoms with Gasteiger partial charge in [-0.25, -0.2) is 0 Å². The van der Waals surface area contributed by atoms with Gasteiger partial charge in [0, 0.05) is 0 Å². The molecule has 1 rings (SSSR count). The summed E-state index contributed by atoms with van der Waals surface area (Å²) in [6.45, 7) is 0. The summed E-state index contributed by atoms with van der Waals surface area (Å²) in [5.74, 6) is 0. The summed E-state index contributed by atoms with van der Waals surface area (Å²) in [6.07, 6.45) is 20.0.